The minimum Gasteiger partial charge on any atom is -0.497 e. The maximum absolute atomic E-state index is 13.7. The van der Waals surface area contributed by atoms with E-state index in [1.165, 1.54) is 24.6 Å². The van der Waals surface area contributed by atoms with Gasteiger partial charge in [0.15, 0.2) is 0 Å². The number of piperidine rings is 1. The zero-order valence-corrected chi connectivity index (χ0v) is 17.0. The average Bonchev–Trinajstić information content (AvgIpc) is 2.74. The molecule has 1 N–H and O–H groups in total. The molecular weight excluding hydrogens is 399 g/mol. The van der Waals surface area contributed by atoms with Crippen molar-refractivity contribution < 1.29 is 27.1 Å². The van der Waals surface area contributed by atoms with E-state index in [1.807, 2.05) is 0 Å². The molecule has 0 spiro atoms. The number of sulfonamides is 1. The Morgan fingerprint density at radius 1 is 1.17 bits per heavy atom. The molecule has 2 aromatic carbocycles. The van der Waals surface area contributed by atoms with Crippen molar-refractivity contribution in [3.05, 3.63) is 48.3 Å². The summed E-state index contributed by atoms with van der Waals surface area (Å²) in [4.78, 5) is 12.5. The van der Waals surface area contributed by atoms with Gasteiger partial charge >= 0.3 is 0 Å². The van der Waals surface area contributed by atoms with E-state index < -0.39 is 21.8 Å². The fourth-order valence-electron chi connectivity index (χ4n) is 3.31. The first-order valence-corrected chi connectivity index (χ1v) is 10.6. The molecule has 1 aliphatic heterocycles. The fraction of sp³-hybridized carbons (Fsp3) is 0.350. The largest absolute Gasteiger partial charge is 0.497 e. The number of amides is 1. The first-order chi connectivity index (χ1) is 13.8. The second kappa shape index (κ2) is 8.79. The van der Waals surface area contributed by atoms with Gasteiger partial charge in [0.1, 0.15) is 22.2 Å². The number of hydrogen-bond acceptors (Lipinski definition) is 5. The number of halogens is 1. The number of carbonyl (C=O) groups is 1. The van der Waals surface area contributed by atoms with Gasteiger partial charge in [-0.25, -0.2) is 12.8 Å². The Morgan fingerprint density at radius 3 is 2.69 bits per heavy atom. The Kier molecular flexibility index (Phi) is 6.39. The first kappa shape index (κ1) is 21.1. The van der Waals surface area contributed by atoms with Crippen LogP contribution in [0.15, 0.2) is 47.4 Å². The molecule has 1 saturated heterocycles. The summed E-state index contributed by atoms with van der Waals surface area (Å²) in [5.41, 5.74) is 0.570. The molecule has 1 amide bonds. The summed E-state index contributed by atoms with van der Waals surface area (Å²) in [6.07, 6.45) is 1.08. The van der Waals surface area contributed by atoms with Crippen LogP contribution < -0.4 is 14.8 Å². The molecule has 3 rings (SSSR count). The van der Waals surface area contributed by atoms with E-state index in [9.17, 15) is 17.6 Å². The number of carbonyl (C=O) groups excluding carboxylic acids is 1. The van der Waals surface area contributed by atoms with Gasteiger partial charge < -0.3 is 14.8 Å². The molecule has 2 aromatic rings. The summed E-state index contributed by atoms with van der Waals surface area (Å²) in [5, 5.41) is 2.80. The third kappa shape index (κ3) is 4.68. The fourth-order valence-corrected chi connectivity index (χ4v) is 5.00. The second-order valence-corrected chi connectivity index (χ2v) is 8.62. The molecule has 9 heteroatoms. The van der Waals surface area contributed by atoms with Crippen molar-refractivity contribution in [3.8, 4) is 11.5 Å². The number of nitrogens with zero attached hydrogens (tertiary/aromatic N) is 1. The van der Waals surface area contributed by atoms with Crippen LogP contribution in [0, 0.1) is 11.7 Å². The SMILES string of the molecule is COc1cccc(NC(=O)C2CCCN(S(=O)(=O)c3cc(F)ccc3OC)C2)c1. The Balaban J connectivity index is 1.77. The summed E-state index contributed by atoms with van der Waals surface area (Å²) < 4.78 is 51.2. The number of methoxy groups -OCH3 is 2. The highest BCUT2D eigenvalue weighted by molar-refractivity contribution is 7.89. The van der Waals surface area contributed by atoms with E-state index in [0.29, 0.717) is 24.3 Å². The number of hydrogen-bond donors (Lipinski definition) is 1. The van der Waals surface area contributed by atoms with Crippen LogP contribution in [0.1, 0.15) is 12.8 Å². The van der Waals surface area contributed by atoms with Crippen LogP contribution in [0.25, 0.3) is 0 Å². The molecule has 0 aromatic heterocycles. The summed E-state index contributed by atoms with van der Waals surface area (Å²) in [5.74, 6) is -0.800. The smallest absolute Gasteiger partial charge is 0.246 e. The van der Waals surface area contributed by atoms with Crippen molar-refractivity contribution in [1.29, 1.82) is 0 Å². The van der Waals surface area contributed by atoms with Gasteiger partial charge in [-0.1, -0.05) is 6.07 Å². The minimum atomic E-state index is -4.01. The van der Waals surface area contributed by atoms with Crippen LogP contribution in [0.2, 0.25) is 0 Å². The van der Waals surface area contributed by atoms with Crippen molar-refractivity contribution in [2.24, 2.45) is 5.92 Å². The molecule has 1 atom stereocenters. The molecule has 1 fully saturated rings. The van der Waals surface area contributed by atoms with Crippen LogP contribution in [0.5, 0.6) is 11.5 Å². The number of anilines is 1. The van der Waals surface area contributed by atoms with E-state index >= 15 is 0 Å². The van der Waals surface area contributed by atoms with Gasteiger partial charge in [0, 0.05) is 24.8 Å². The monoisotopic (exact) mass is 422 g/mol. The summed E-state index contributed by atoms with van der Waals surface area (Å²) in [6, 6.07) is 10.3. The van der Waals surface area contributed by atoms with Crippen LogP contribution in [0.3, 0.4) is 0 Å². The van der Waals surface area contributed by atoms with Crippen molar-refractivity contribution in [2.75, 3.05) is 32.6 Å². The Labute approximate surface area is 169 Å². The van der Waals surface area contributed by atoms with Crippen LogP contribution in [-0.4, -0.2) is 45.9 Å². The second-order valence-electron chi connectivity index (χ2n) is 6.72. The molecule has 0 saturated carbocycles. The molecular formula is C20H23FN2O5S. The van der Waals surface area contributed by atoms with Crippen molar-refractivity contribution in [1.82, 2.24) is 4.31 Å². The first-order valence-electron chi connectivity index (χ1n) is 9.13. The number of nitrogens with one attached hydrogen (secondary N) is 1. The molecule has 1 aliphatic rings. The minimum absolute atomic E-state index is 0.0117. The van der Waals surface area contributed by atoms with Gasteiger partial charge in [0.2, 0.25) is 15.9 Å². The van der Waals surface area contributed by atoms with Gasteiger partial charge in [-0.15, -0.1) is 0 Å². The third-order valence-corrected chi connectivity index (χ3v) is 6.72. The van der Waals surface area contributed by atoms with Gasteiger partial charge in [-0.2, -0.15) is 4.31 Å². The Morgan fingerprint density at radius 2 is 1.97 bits per heavy atom. The molecule has 156 valence electrons. The summed E-state index contributed by atoms with van der Waals surface area (Å²) in [6.45, 7) is 0.267. The van der Waals surface area contributed by atoms with E-state index in [0.717, 1.165) is 12.1 Å². The molecule has 7 nitrogen and oxygen atoms in total. The van der Waals surface area contributed by atoms with Crippen LogP contribution in [-0.2, 0) is 14.8 Å². The van der Waals surface area contributed by atoms with E-state index in [1.54, 1.807) is 24.3 Å². The molecule has 29 heavy (non-hydrogen) atoms. The zero-order chi connectivity index (χ0) is 21.0. The van der Waals surface area contributed by atoms with Crippen LogP contribution >= 0.6 is 0 Å². The van der Waals surface area contributed by atoms with E-state index in [2.05, 4.69) is 5.32 Å². The summed E-state index contributed by atoms with van der Waals surface area (Å²) in [7, 11) is -1.15. The van der Waals surface area contributed by atoms with Crippen molar-refractivity contribution in [2.45, 2.75) is 17.7 Å². The molecule has 1 heterocycles. The van der Waals surface area contributed by atoms with Crippen molar-refractivity contribution in [3.63, 3.8) is 0 Å². The normalized spacial score (nSPS) is 17.6. The van der Waals surface area contributed by atoms with Gasteiger partial charge in [0.25, 0.3) is 0 Å². The quantitative estimate of drug-likeness (QED) is 0.774. The maximum Gasteiger partial charge on any atom is 0.246 e. The third-order valence-electron chi connectivity index (χ3n) is 4.84. The van der Waals surface area contributed by atoms with Gasteiger partial charge in [0.05, 0.1) is 20.1 Å². The highest BCUT2D eigenvalue weighted by Gasteiger charge is 2.35. The van der Waals surface area contributed by atoms with E-state index in [-0.39, 0.29) is 29.6 Å². The molecule has 0 radical (unpaired) electrons. The standard InChI is InChI=1S/C20H23FN2O5S/c1-27-17-7-3-6-16(12-17)22-20(24)14-5-4-10-23(13-14)29(25,26)19-11-15(21)8-9-18(19)28-2/h3,6-9,11-12,14H,4-5,10,13H2,1-2H3,(H,22,24). The van der Waals surface area contributed by atoms with Crippen molar-refractivity contribution >= 4 is 21.6 Å². The topological polar surface area (TPSA) is 84.9 Å². The zero-order valence-electron chi connectivity index (χ0n) is 16.2. The van der Waals surface area contributed by atoms with Gasteiger partial charge in [-0.05, 0) is 43.2 Å². The summed E-state index contributed by atoms with van der Waals surface area (Å²) >= 11 is 0. The molecule has 0 bridgehead atoms. The average molecular weight is 422 g/mol. The molecule has 0 aliphatic carbocycles. The lowest BCUT2D eigenvalue weighted by Crippen LogP contribution is -2.43. The lowest BCUT2D eigenvalue weighted by Gasteiger charge is -2.31. The number of rotatable bonds is 6. The van der Waals surface area contributed by atoms with Crippen LogP contribution in [0.4, 0.5) is 10.1 Å². The highest BCUT2D eigenvalue weighted by atomic mass is 32.2. The number of benzene rings is 2. The Hall–Kier alpha value is -2.65. The number of ether oxygens (including phenoxy) is 2. The maximum atomic E-state index is 13.7. The Bertz CT molecular complexity index is 996. The predicted molar refractivity (Wildman–Crippen MR) is 106 cm³/mol. The van der Waals surface area contributed by atoms with E-state index in [4.69, 9.17) is 9.47 Å². The predicted octanol–water partition coefficient (Wildman–Crippen LogP) is 2.88. The van der Waals surface area contributed by atoms with Gasteiger partial charge in [-0.3, -0.25) is 4.79 Å². The lowest BCUT2D eigenvalue weighted by molar-refractivity contribution is -0.120. The lowest BCUT2D eigenvalue weighted by atomic mass is 9.98. The molecule has 1 unspecified atom stereocenters. The highest BCUT2D eigenvalue weighted by Crippen LogP contribution is 2.31.